The van der Waals surface area contributed by atoms with Crippen molar-refractivity contribution in [2.24, 2.45) is 11.3 Å². The van der Waals surface area contributed by atoms with E-state index in [2.05, 4.69) is 11.3 Å². The third kappa shape index (κ3) is 2.74. The van der Waals surface area contributed by atoms with Crippen molar-refractivity contribution < 1.29 is 28.6 Å². The van der Waals surface area contributed by atoms with Gasteiger partial charge in [-0.2, -0.15) is 0 Å². The summed E-state index contributed by atoms with van der Waals surface area (Å²) in [6.07, 6.45) is 3.08. The summed E-state index contributed by atoms with van der Waals surface area (Å²) in [4.78, 5) is 35.3. The van der Waals surface area contributed by atoms with E-state index < -0.39 is 23.3 Å². The van der Waals surface area contributed by atoms with Gasteiger partial charge in [-0.1, -0.05) is 11.6 Å². The summed E-state index contributed by atoms with van der Waals surface area (Å²) >= 11 is 0. The first-order valence-corrected chi connectivity index (χ1v) is 6.03. The molecular formula is C14H18O6. The molecule has 1 rings (SSSR count). The Morgan fingerprint density at radius 1 is 1.15 bits per heavy atom. The Balaban J connectivity index is 3.22. The zero-order valence-electron chi connectivity index (χ0n) is 11.8. The summed E-state index contributed by atoms with van der Waals surface area (Å²) in [5.74, 6) is -2.18. The van der Waals surface area contributed by atoms with Gasteiger partial charge in [0.25, 0.3) is 0 Å². The molecule has 0 N–H and O–H groups in total. The Labute approximate surface area is 117 Å². The summed E-state index contributed by atoms with van der Waals surface area (Å²) in [5, 5.41) is 0. The van der Waals surface area contributed by atoms with Crippen molar-refractivity contribution >= 4 is 17.9 Å². The molecule has 0 heterocycles. The number of ether oxygens (including phenoxy) is 3. The van der Waals surface area contributed by atoms with Crippen LogP contribution in [0.15, 0.2) is 24.3 Å². The lowest BCUT2D eigenvalue weighted by atomic mass is 9.85. The van der Waals surface area contributed by atoms with E-state index in [9.17, 15) is 14.4 Å². The standard InChI is InChI=1S/C14H18O6/c1-5-9-7-14(12(16)19-3,13(17)20-4)8-10(9)6-11(15)18-2/h5-6,9H,1,7-8H2,2-4H3/b10-6+. The second-order valence-corrected chi connectivity index (χ2v) is 4.53. The van der Waals surface area contributed by atoms with E-state index in [1.807, 2.05) is 0 Å². The minimum Gasteiger partial charge on any atom is -0.468 e. The van der Waals surface area contributed by atoms with Crippen LogP contribution in [0.4, 0.5) is 0 Å². The van der Waals surface area contributed by atoms with Crippen molar-refractivity contribution in [1.82, 2.24) is 0 Å². The van der Waals surface area contributed by atoms with Gasteiger partial charge in [0.2, 0.25) is 0 Å². The molecule has 6 nitrogen and oxygen atoms in total. The molecule has 1 aliphatic carbocycles. The summed E-state index contributed by atoms with van der Waals surface area (Å²) in [5.41, 5.74) is -0.829. The number of methoxy groups -OCH3 is 3. The molecule has 0 spiro atoms. The Morgan fingerprint density at radius 3 is 2.10 bits per heavy atom. The van der Waals surface area contributed by atoms with Crippen LogP contribution in [-0.2, 0) is 28.6 Å². The van der Waals surface area contributed by atoms with Crippen LogP contribution in [0.5, 0.6) is 0 Å². The summed E-state index contributed by atoms with van der Waals surface area (Å²) in [6, 6.07) is 0. The average Bonchev–Trinajstić information content (AvgIpc) is 2.84. The molecule has 0 bridgehead atoms. The van der Waals surface area contributed by atoms with E-state index >= 15 is 0 Å². The Bertz CT molecular complexity index is 446. The zero-order chi connectivity index (χ0) is 15.3. The minimum absolute atomic E-state index is 0.0537. The first-order valence-electron chi connectivity index (χ1n) is 6.03. The van der Waals surface area contributed by atoms with E-state index in [1.54, 1.807) is 6.08 Å². The van der Waals surface area contributed by atoms with E-state index in [-0.39, 0.29) is 18.8 Å². The second kappa shape index (κ2) is 6.36. The van der Waals surface area contributed by atoms with Crippen molar-refractivity contribution in [3.8, 4) is 0 Å². The second-order valence-electron chi connectivity index (χ2n) is 4.53. The Kier molecular flexibility index (Phi) is 5.07. The summed E-state index contributed by atoms with van der Waals surface area (Å²) in [7, 11) is 3.67. The molecule has 0 aromatic rings. The van der Waals surface area contributed by atoms with Gasteiger partial charge in [-0.05, 0) is 18.8 Å². The van der Waals surface area contributed by atoms with Crippen LogP contribution >= 0.6 is 0 Å². The van der Waals surface area contributed by atoms with Crippen molar-refractivity contribution in [2.75, 3.05) is 21.3 Å². The van der Waals surface area contributed by atoms with Crippen molar-refractivity contribution in [1.29, 1.82) is 0 Å². The maximum absolute atomic E-state index is 12.0. The fourth-order valence-corrected chi connectivity index (χ4v) is 2.45. The lowest BCUT2D eigenvalue weighted by Crippen LogP contribution is -2.39. The minimum atomic E-state index is -1.43. The van der Waals surface area contributed by atoms with Gasteiger partial charge in [0, 0.05) is 6.08 Å². The molecule has 0 radical (unpaired) electrons. The summed E-state index contributed by atoms with van der Waals surface area (Å²) < 4.78 is 14.0. The first-order chi connectivity index (χ1) is 9.44. The number of hydrogen-bond acceptors (Lipinski definition) is 6. The normalized spacial score (nSPS) is 22.1. The van der Waals surface area contributed by atoms with Crippen LogP contribution in [0.1, 0.15) is 12.8 Å². The SMILES string of the molecule is C=CC1CC(C(=O)OC)(C(=O)OC)C/C1=C\C(=O)OC. The third-order valence-corrected chi connectivity index (χ3v) is 3.49. The highest BCUT2D eigenvalue weighted by atomic mass is 16.5. The van der Waals surface area contributed by atoms with E-state index in [1.165, 1.54) is 27.4 Å². The van der Waals surface area contributed by atoms with Crippen LogP contribution in [0.2, 0.25) is 0 Å². The molecule has 1 saturated carbocycles. The molecule has 20 heavy (non-hydrogen) atoms. The van der Waals surface area contributed by atoms with E-state index in [4.69, 9.17) is 9.47 Å². The van der Waals surface area contributed by atoms with Gasteiger partial charge in [-0.3, -0.25) is 9.59 Å². The van der Waals surface area contributed by atoms with Gasteiger partial charge in [0.05, 0.1) is 21.3 Å². The topological polar surface area (TPSA) is 78.9 Å². The number of allylic oxidation sites excluding steroid dienone is 2. The molecule has 6 heteroatoms. The van der Waals surface area contributed by atoms with Crippen molar-refractivity contribution in [3.05, 3.63) is 24.3 Å². The highest BCUT2D eigenvalue weighted by Crippen LogP contribution is 2.47. The van der Waals surface area contributed by atoms with Crippen molar-refractivity contribution in [3.63, 3.8) is 0 Å². The fourth-order valence-electron chi connectivity index (χ4n) is 2.45. The van der Waals surface area contributed by atoms with Gasteiger partial charge in [-0.25, -0.2) is 4.79 Å². The van der Waals surface area contributed by atoms with Gasteiger partial charge in [0.1, 0.15) is 0 Å². The highest BCUT2D eigenvalue weighted by Gasteiger charge is 2.55. The molecule has 0 aromatic carbocycles. The first kappa shape index (κ1) is 15.9. The zero-order valence-corrected chi connectivity index (χ0v) is 11.8. The lowest BCUT2D eigenvalue weighted by molar-refractivity contribution is -0.168. The molecule has 1 aliphatic rings. The van der Waals surface area contributed by atoms with Gasteiger partial charge in [-0.15, -0.1) is 6.58 Å². The monoisotopic (exact) mass is 282 g/mol. The highest BCUT2D eigenvalue weighted by molar-refractivity contribution is 6.01. The molecule has 0 amide bonds. The fraction of sp³-hybridized carbons (Fsp3) is 0.500. The average molecular weight is 282 g/mol. The number of carbonyl (C=O) groups is 3. The predicted molar refractivity (Wildman–Crippen MR) is 69.5 cm³/mol. The maximum Gasteiger partial charge on any atom is 0.330 e. The van der Waals surface area contributed by atoms with Crippen LogP contribution in [0, 0.1) is 11.3 Å². The Morgan fingerprint density at radius 2 is 1.70 bits per heavy atom. The predicted octanol–water partition coefficient (Wildman–Crippen LogP) is 1.01. The quantitative estimate of drug-likeness (QED) is 0.252. The number of rotatable bonds is 4. The molecule has 1 fully saturated rings. The van der Waals surface area contributed by atoms with Gasteiger partial charge in [0.15, 0.2) is 5.41 Å². The number of carbonyl (C=O) groups excluding carboxylic acids is 3. The smallest absolute Gasteiger partial charge is 0.330 e. The molecule has 0 saturated heterocycles. The third-order valence-electron chi connectivity index (χ3n) is 3.49. The number of esters is 3. The van der Waals surface area contributed by atoms with E-state index in [0.29, 0.717) is 5.57 Å². The van der Waals surface area contributed by atoms with Crippen LogP contribution in [-0.4, -0.2) is 39.2 Å². The lowest BCUT2D eigenvalue weighted by Gasteiger charge is -2.22. The maximum atomic E-state index is 12.0. The van der Waals surface area contributed by atoms with Crippen molar-refractivity contribution in [2.45, 2.75) is 12.8 Å². The van der Waals surface area contributed by atoms with Crippen LogP contribution in [0.25, 0.3) is 0 Å². The molecule has 0 aromatic heterocycles. The van der Waals surface area contributed by atoms with Crippen LogP contribution < -0.4 is 0 Å². The Hall–Kier alpha value is -2.11. The van der Waals surface area contributed by atoms with Crippen LogP contribution in [0.3, 0.4) is 0 Å². The van der Waals surface area contributed by atoms with E-state index in [0.717, 1.165) is 0 Å². The van der Waals surface area contributed by atoms with Gasteiger partial charge < -0.3 is 14.2 Å². The molecule has 110 valence electrons. The number of hydrogen-bond donors (Lipinski definition) is 0. The summed E-state index contributed by atoms with van der Waals surface area (Å²) in [6.45, 7) is 3.66. The molecule has 0 aliphatic heterocycles. The molecule has 1 atom stereocenters. The largest absolute Gasteiger partial charge is 0.468 e. The molecule has 1 unspecified atom stereocenters. The van der Waals surface area contributed by atoms with Gasteiger partial charge >= 0.3 is 17.9 Å². The molecular weight excluding hydrogens is 264 g/mol.